The summed E-state index contributed by atoms with van der Waals surface area (Å²) in [6.07, 6.45) is 1.84. The summed E-state index contributed by atoms with van der Waals surface area (Å²) in [5.74, 6) is -0.634. The molecule has 1 atom stereocenters. The normalized spacial score (nSPS) is 11.8. The van der Waals surface area contributed by atoms with E-state index in [1.54, 1.807) is 13.0 Å². The molecule has 4 nitrogen and oxygen atoms in total. The predicted octanol–water partition coefficient (Wildman–Crippen LogP) is 3.14. The summed E-state index contributed by atoms with van der Waals surface area (Å²) in [5.41, 5.74) is 1.03. The Balaban J connectivity index is 2.34. The largest absolute Gasteiger partial charge is 0.355 e. The van der Waals surface area contributed by atoms with Gasteiger partial charge in [-0.1, -0.05) is 29.3 Å². The molecule has 0 aliphatic carbocycles. The minimum Gasteiger partial charge on any atom is -0.355 e. The summed E-state index contributed by atoms with van der Waals surface area (Å²) in [5, 5.41) is 5.37. The Morgan fingerprint density at radius 3 is 2.71 bits per heavy atom. The van der Waals surface area contributed by atoms with Gasteiger partial charge < -0.3 is 10.6 Å². The molecule has 0 aliphatic heterocycles. The third-order valence-electron chi connectivity index (χ3n) is 2.92. The van der Waals surface area contributed by atoms with Crippen molar-refractivity contribution in [2.75, 3.05) is 11.9 Å². The molecule has 0 heterocycles. The van der Waals surface area contributed by atoms with Crippen LogP contribution in [-0.4, -0.2) is 23.2 Å². The van der Waals surface area contributed by atoms with Gasteiger partial charge in [-0.15, -0.1) is 0 Å². The molecule has 0 saturated carbocycles. The lowest BCUT2D eigenvalue weighted by molar-refractivity contribution is -0.120. The Bertz CT molecular complexity index is 508. The first-order valence-corrected chi connectivity index (χ1v) is 7.83. The van der Waals surface area contributed by atoms with Crippen LogP contribution < -0.4 is 10.6 Å². The number of nitrogens with one attached hydrogen (secondary N) is 2. The van der Waals surface area contributed by atoms with Crippen LogP contribution in [0.3, 0.4) is 0 Å². The topological polar surface area (TPSA) is 58.2 Å². The van der Waals surface area contributed by atoms with Crippen molar-refractivity contribution >= 4 is 33.4 Å². The Hall–Kier alpha value is -1.43. The van der Waals surface area contributed by atoms with Crippen LogP contribution >= 0.6 is 15.9 Å². The molecule has 1 aromatic carbocycles. The van der Waals surface area contributed by atoms with Gasteiger partial charge in [0, 0.05) is 18.7 Å². The molecule has 0 fully saturated rings. The van der Waals surface area contributed by atoms with Crippen LogP contribution in [0.5, 0.6) is 0 Å². The second-order valence-electron chi connectivity index (χ2n) is 4.81. The van der Waals surface area contributed by atoms with E-state index in [0.29, 0.717) is 11.3 Å². The standard InChI is InChI=1S/C15H20BrFN2O2/c1-3-4-12(16)15(21)18-8-7-14(20)19-11-5-6-13(17)10(2)9-11/h5-6,9,12H,3-4,7-8H2,1-2H3,(H,18,21)(H,19,20)/t12-/m1/s1. The highest BCUT2D eigenvalue weighted by atomic mass is 79.9. The molecule has 0 aromatic heterocycles. The third-order valence-corrected chi connectivity index (χ3v) is 3.79. The fourth-order valence-electron chi connectivity index (χ4n) is 1.74. The lowest BCUT2D eigenvalue weighted by Gasteiger charge is -2.10. The van der Waals surface area contributed by atoms with E-state index in [2.05, 4.69) is 26.6 Å². The minimum absolute atomic E-state index is 0.109. The molecule has 2 amide bonds. The second kappa shape index (κ2) is 8.77. The van der Waals surface area contributed by atoms with Gasteiger partial charge >= 0.3 is 0 Å². The van der Waals surface area contributed by atoms with Gasteiger partial charge in [0.1, 0.15) is 5.82 Å². The monoisotopic (exact) mass is 358 g/mol. The first kappa shape index (κ1) is 17.6. The number of rotatable bonds is 7. The van der Waals surface area contributed by atoms with E-state index in [9.17, 15) is 14.0 Å². The minimum atomic E-state index is -0.306. The molecule has 116 valence electrons. The van der Waals surface area contributed by atoms with Gasteiger partial charge in [-0.25, -0.2) is 4.39 Å². The third kappa shape index (κ3) is 6.25. The predicted molar refractivity (Wildman–Crippen MR) is 85.0 cm³/mol. The van der Waals surface area contributed by atoms with Gasteiger partial charge in [0.15, 0.2) is 0 Å². The number of hydrogen-bond acceptors (Lipinski definition) is 2. The molecule has 0 spiro atoms. The quantitative estimate of drug-likeness (QED) is 0.735. The zero-order valence-electron chi connectivity index (χ0n) is 12.2. The second-order valence-corrected chi connectivity index (χ2v) is 5.91. The summed E-state index contributed by atoms with van der Waals surface area (Å²) < 4.78 is 13.1. The van der Waals surface area contributed by atoms with Crippen LogP contribution in [0.25, 0.3) is 0 Å². The van der Waals surface area contributed by atoms with Crippen molar-refractivity contribution in [1.29, 1.82) is 0 Å². The Kier molecular flexibility index (Phi) is 7.36. The zero-order valence-corrected chi connectivity index (χ0v) is 13.8. The van der Waals surface area contributed by atoms with Gasteiger partial charge in [-0.3, -0.25) is 9.59 Å². The number of halogens is 2. The van der Waals surface area contributed by atoms with E-state index in [0.717, 1.165) is 12.8 Å². The maximum absolute atomic E-state index is 13.1. The number of anilines is 1. The number of carbonyl (C=O) groups is 2. The molecule has 0 bridgehead atoms. The molecule has 0 radical (unpaired) electrons. The van der Waals surface area contributed by atoms with Crippen LogP contribution in [0.2, 0.25) is 0 Å². The smallest absolute Gasteiger partial charge is 0.233 e. The zero-order chi connectivity index (χ0) is 15.8. The van der Waals surface area contributed by atoms with Crippen molar-refractivity contribution in [3.63, 3.8) is 0 Å². The molecule has 0 unspecified atom stereocenters. The number of aryl methyl sites for hydroxylation is 1. The SMILES string of the molecule is CCC[C@@H](Br)C(=O)NCCC(=O)Nc1ccc(F)c(C)c1. The fraction of sp³-hybridized carbons (Fsp3) is 0.467. The number of hydrogen-bond donors (Lipinski definition) is 2. The molecular formula is C15H20BrFN2O2. The Morgan fingerprint density at radius 2 is 2.10 bits per heavy atom. The van der Waals surface area contributed by atoms with E-state index in [-0.39, 0.29) is 35.4 Å². The summed E-state index contributed by atoms with van der Waals surface area (Å²) in [4.78, 5) is 23.1. The number of amides is 2. The Morgan fingerprint density at radius 1 is 1.38 bits per heavy atom. The van der Waals surface area contributed by atoms with Crippen molar-refractivity contribution in [2.24, 2.45) is 0 Å². The molecule has 1 aromatic rings. The molecule has 21 heavy (non-hydrogen) atoms. The van der Waals surface area contributed by atoms with E-state index in [1.165, 1.54) is 12.1 Å². The van der Waals surface area contributed by atoms with Gasteiger partial charge in [0.2, 0.25) is 11.8 Å². The maximum atomic E-state index is 13.1. The van der Waals surface area contributed by atoms with E-state index in [4.69, 9.17) is 0 Å². The van der Waals surface area contributed by atoms with Crippen molar-refractivity contribution in [1.82, 2.24) is 5.32 Å². The molecule has 0 saturated heterocycles. The highest BCUT2D eigenvalue weighted by molar-refractivity contribution is 9.10. The number of benzene rings is 1. The van der Waals surface area contributed by atoms with Crippen molar-refractivity contribution in [3.05, 3.63) is 29.6 Å². The number of carbonyl (C=O) groups excluding carboxylic acids is 2. The van der Waals surface area contributed by atoms with Gasteiger partial charge in [-0.2, -0.15) is 0 Å². The van der Waals surface area contributed by atoms with Crippen molar-refractivity contribution < 1.29 is 14.0 Å². The summed E-state index contributed by atoms with van der Waals surface area (Å²) in [6.45, 7) is 3.91. The average molecular weight is 359 g/mol. The van der Waals surface area contributed by atoms with Gasteiger partial charge in [-0.05, 0) is 37.1 Å². The van der Waals surface area contributed by atoms with Crippen molar-refractivity contribution in [3.8, 4) is 0 Å². The number of alkyl halides is 1. The van der Waals surface area contributed by atoms with E-state index in [1.807, 2.05) is 6.92 Å². The highest BCUT2D eigenvalue weighted by Crippen LogP contribution is 2.13. The molecule has 2 N–H and O–H groups in total. The van der Waals surface area contributed by atoms with Crippen LogP contribution in [0, 0.1) is 12.7 Å². The van der Waals surface area contributed by atoms with Crippen LogP contribution in [-0.2, 0) is 9.59 Å². The van der Waals surface area contributed by atoms with E-state index >= 15 is 0 Å². The summed E-state index contributed by atoms with van der Waals surface area (Å²) >= 11 is 3.29. The molecule has 0 aliphatic rings. The lowest BCUT2D eigenvalue weighted by Crippen LogP contribution is -2.33. The summed E-state index contributed by atoms with van der Waals surface area (Å²) in [6, 6.07) is 4.39. The first-order chi connectivity index (χ1) is 9.93. The van der Waals surface area contributed by atoms with Crippen molar-refractivity contribution in [2.45, 2.75) is 37.9 Å². The van der Waals surface area contributed by atoms with E-state index < -0.39 is 0 Å². The highest BCUT2D eigenvalue weighted by Gasteiger charge is 2.13. The fourth-order valence-corrected chi connectivity index (χ4v) is 2.36. The summed E-state index contributed by atoms with van der Waals surface area (Å²) in [7, 11) is 0. The molecular weight excluding hydrogens is 339 g/mol. The first-order valence-electron chi connectivity index (χ1n) is 6.91. The molecule has 1 rings (SSSR count). The van der Waals surface area contributed by atoms with Crippen LogP contribution in [0.15, 0.2) is 18.2 Å². The van der Waals surface area contributed by atoms with Crippen LogP contribution in [0.1, 0.15) is 31.7 Å². The Labute approximate surface area is 132 Å². The average Bonchev–Trinajstić information content (AvgIpc) is 2.43. The lowest BCUT2D eigenvalue weighted by atomic mass is 10.2. The van der Waals surface area contributed by atoms with Crippen LogP contribution in [0.4, 0.5) is 10.1 Å². The van der Waals surface area contributed by atoms with Gasteiger partial charge in [0.05, 0.1) is 4.83 Å². The maximum Gasteiger partial charge on any atom is 0.233 e. The van der Waals surface area contributed by atoms with Gasteiger partial charge in [0.25, 0.3) is 0 Å². The molecule has 6 heteroatoms.